The average Bonchev–Trinajstić information content (AvgIpc) is 3.32. The van der Waals surface area contributed by atoms with Gasteiger partial charge in [-0.15, -0.1) is 5.10 Å². The summed E-state index contributed by atoms with van der Waals surface area (Å²) in [6.07, 6.45) is 5.81. The standard InChI is InChI=1S/C16H18FN7O2/c17-12-7-6-10(8-13(12)25)15-19-16(21-26-15)18-9-14-20-22-23-24(14)11-4-2-1-3-5-11/h6-8,11,25H,1-5,9H2,(H,18,21). The largest absolute Gasteiger partial charge is 0.505 e. The van der Waals surface area contributed by atoms with Gasteiger partial charge in [-0.1, -0.05) is 19.3 Å². The summed E-state index contributed by atoms with van der Waals surface area (Å²) in [5, 5.41) is 28.3. The predicted molar refractivity (Wildman–Crippen MR) is 88.6 cm³/mol. The lowest BCUT2D eigenvalue weighted by Gasteiger charge is -2.22. The summed E-state index contributed by atoms with van der Waals surface area (Å²) >= 11 is 0. The first-order chi connectivity index (χ1) is 12.7. The molecule has 1 saturated carbocycles. The summed E-state index contributed by atoms with van der Waals surface area (Å²) in [5.74, 6) is -0.0256. The highest BCUT2D eigenvalue weighted by molar-refractivity contribution is 5.56. The molecule has 0 bridgehead atoms. The van der Waals surface area contributed by atoms with Crippen molar-refractivity contribution >= 4 is 5.95 Å². The maximum absolute atomic E-state index is 13.1. The van der Waals surface area contributed by atoms with E-state index in [9.17, 15) is 9.50 Å². The van der Waals surface area contributed by atoms with Crippen molar-refractivity contribution in [3.8, 4) is 17.2 Å². The number of phenolic OH excluding ortho intramolecular Hbond substituents is 1. The van der Waals surface area contributed by atoms with E-state index >= 15 is 0 Å². The zero-order valence-electron chi connectivity index (χ0n) is 14.0. The number of halogens is 1. The van der Waals surface area contributed by atoms with Crippen LogP contribution in [0.2, 0.25) is 0 Å². The van der Waals surface area contributed by atoms with Crippen molar-refractivity contribution in [3.63, 3.8) is 0 Å². The van der Waals surface area contributed by atoms with Gasteiger partial charge in [-0.05, 0) is 46.6 Å². The van der Waals surface area contributed by atoms with Gasteiger partial charge in [-0.2, -0.15) is 4.98 Å². The highest BCUT2D eigenvalue weighted by Gasteiger charge is 2.20. The van der Waals surface area contributed by atoms with Crippen LogP contribution in [0.3, 0.4) is 0 Å². The van der Waals surface area contributed by atoms with Gasteiger partial charge in [-0.3, -0.25) is 0 Å². The Labute approximate surface area is 148 Å². The summed E-state index contributed by atoms with van der Waals surface area (Å²) < 4.78 is 20.2. The lowest BCUT2D eigenvalue weighted by molar-refractivity contribution is 0.317. The van der Waals surface area contributed by atoms with E-state index in [0.29, 0.717) is 24.0 Å². The third-order valence-electron chi connectivity index (χ3n) is 4.51. The van der Waals surface area contributed by atoms with Gasteiger partial charge in [0.25, 0.3) is 11.8 Å². The summed E-state index contributed by atoms with van der Waals surface area (Å²) in [4.78, 5) is 4.19. The van der Waals surface area contributed by atoms with Gasteiger partial charge in [0, 0.05) is 5.56 Å². The first-order valence-corrected chi connectivity index (χ1v) is 8.54. The molecular weight excluding hydrogens is 341 g/mol. The molecule has 1 fully saturated rings. The van der Waals surface area contributed by atoms with Crippen LogP contribution in [0.25, 0.3) is 11.5 Å². The topological polar surface area (TPSA) is 115 Å². The third-order valence-corrected chi connectivity index (χ3v) is 4.51. The van der Waals surface area contributed by atoms with Crippen LogP contribution in [0.15, 0.2) is 22.7 Å². The van der Waals surface area contributed by atoms with Crippen LogP contribution >= 0.6 is 0 Å². The van der Waals surface area contributed by atoms with Crippen molar-refractivity contribution in [2.75, 3.05) is 5.32 Å². The zero-order valence-corrected chi connectivity index (χ0v) is 14.0. The second kappa shape index (κ2) is 7.06. The summed E-state index contributed by atoms with van der Waals surface area (Å²) in [6.45, 7) is 0.358. The van der Waals surface area contributed by atoms with Gasteiger partial charge in [-0.25, -0.2) is 9.07 Å². The molecule has 4 rings (SSSR count). The first-order valence-electron chi connectivity index (χ1n) is 8.54. The number of hydrogen-bond donors (Lipinski definition) is 2. The zero-order chi connectivity index (χ0) is 17.9. The molecule has 26 heavy (non-hydrogen) atoms. The Morgan fingerprint density at radius 2 is 2.12 bits per heavy atom. The molecule has 1 aliphatic carbocycles. The number of anilines is 1. The monoisotopic (exact) mass is 359 g/mol. The van der Waals surface area contributed by atoms with Crippen LogP contribution in [0, 0.1) is 5.82 Å². The number of phenols is 1. The number of benzene rings is 1. The number of hydrogen-bond acceptors (Lipinski definition) is 8. The highest BCUT2D eigenvalue weighted by atomic mass is 19.1. The molecule has 3 aromatic rings. The third kappa shape index (κ3) is 3.35. The second-order valence-corrected chi connectivity index (χ2v) is 6.27. The Hall–Kier alpha value is -3.04. The number of nitrogens with one attached hydrogen (secondary N) is 1. The van der Waals surface area contributed by atoms with Gasteiger partial charge in [0.2, 0.25) is 0 Å². The van der Waals surface area contributed by atoms with Crippen LogP contribution < -0.4 is 5.32 Å². The smallest absolute Gasteiger partial charge is 0.264 e. The van der Waals surface area contributed by atoms with E-state index < -0.39 is 11.6 Å². The maximum Gasteiger partial charge on any atom is 0.264 e. The number of aromatic hydroxyl groups is 1. The summed E-state index contributed by atoms with van der Waals surface area (Å²) in [7, 11) is 0. The number of tetrazole rings is 1. The quantitative estimate of drug-likeness (QED) is 0.714. The van der Waals surface area contributed by atoms with Crippen molar-refractivity contribution < 1.29 is 14.0 Å². The molecule has 0 amide bonds. The van der Waals surface area contributed by atoms with E-state index in [1.807, 2.05) is 4.68 Å². The molecular formula is C16H18FN7O2. The van der Waals surface area contributed by atoms with Gasteiger partial charge >= 0.3 is 0 Å². The highest BCUT2D eigenvalue weighted by Crippen LogP contribution is 2.28. The fourth-order valence-electron chi connectivity index (χ4n) is 3.15. The predicted octanol–water partition coefficient (Wildman–Crippen LogP) is 2.69. The van der Waals surface area contributed by atoms with Crippen molar-refractivity contribution in [2.24, 2.45) is 0 Å². The van der Waals surface area contributed by atoms with Gasteiger partial charge < -0.3 is 14.9 Å². The molecule has 0 aliphatic heterocycles. The van der Waals surface area contributed by atoms with Gasteiger partial charge in [0.1, 0.15) is 0 Å². The molecule has 1 aliphatic rings. The molecule has 0 unspecified atom stereocenters. The Balaban J connectivity index is 1.44. The second-order valence-electron chi connectivity index (χ2n) is 6.27. The number of nitrogens with zero attached hydrogens (tertiary/aromatic N) is 6. The SMILES string of the molecule is Oc1cc(-c2nc(NCc3nnnn3C3CCCCC3)no2)ccc1F. The van der Waals surface area contributed by atoms with E-state index in [0.717, 1.165) is 18.9 Å². The number of rotatable bonds is 5. The Morgan fingerprint density at radius 3 is 2.92 bits per heavy atom. The van der Waals surface area contributed by atoms with Crippen LogP contribution in [0.1, 0.15) is 44.0 Å². The van der Waals surface area contributed by atoms with Crippen LogP contribution in [0.5, 0.6) is 5.75 Å². The van der Waals surface area contributed by atoms with Crippen LogP contribution in [0.4, 0.5) is 10.3 Å². The van der Waals surface area contributed by atoms with E-state index in [1.165, 1.54) is 31.4 Å². The molecule has 0 atom stereocenters. The fourth-order valence-corrected chi connectivity index (χ4v) is 3.15. The molecule has 2 N–H and O–H groups in total. The molecule has 0 radical (unpaired) electrons. The van der Waals surface area contributed by atoms with Gasteiger partial charge in [0.15, 0.2) is 17.4 Å². The number of aromatic nitrogens is 6. The molecule has 1 aromatic carbocycles. The lowest BCUT2D eigenvalue weighted by atomic mass is 9.96. The first kappa shape index (κ1) is 16.4. The van der Waals surface area contributed by atoms with Crippen molar-refractivity contribution in [1.82, 2.24) is 30.3 Å². The minimum Gasteiger partial charge on any atom is -0.505 e. The van der Waals surface area contributed by atoms with E-state index in [4.69, 9.17) is 4.52 Å². The molecule has 0 spiro atoms. The lowest BCUT2D eigenvalue weighted by Crippen LogP contribution is -2.18. The van der Waals surface area contributed by atoms with Crippen LogP contribution in [-0.2, 0) is 6.54 Å². The molecule has 9 nitrogen and oxygen atoms in total. The Bertz CT molecular complexity index is 888. The van der Waals surface area contributed by atoms with Crippen LogP contribution in [-0.4, -0.2) is 35.5 Å². The fraction of sp³-hybridized carbons (Fsp3) is 0.438. The van der Waals surface area contributed by atoms with Crippen molar-refractivity contribution in [2.45, 2.75) is 44.7 Å². The molecule has 136 valence electrons. The van der Waals surface area contributed by atoms with Crippen molar-refractivity contribution in [3.05, 3.63) is 29.8 Å². The normalized spacial score (nSPS) is 15.3. The Morgan fingerprint density at radius 1 is 1.27 bits per heavy atom. The van der Waals surface area contributed by atoms with E-state index in [1.54, 1.807) is 0 Å². The maximum atomic E-state index is 13.1. The minimum atomic E-state index is -0.707. The molecule has 0 saturated heterocycles. The van der Waals surface area contributed by atoms with E-state index in [2.05, 4.69) is 31.0 Å². The summed E-state index contributed by atoms with van der Waals surface area (Å²) in [5.41, 5.74) is 0.427. The van der Waals surface area contributed by atoms with E-state index in [-0.39, 0.29) is 11.8 Å². The van der Waals surface area contributed by atoms with Crippen molar-refractivity contribution in [1.29, 1.82) is 0 Å². The Kier molecular flexibility index (Phi) is 4.46. The minimum absolute atomic E-state index is 0.176. The molecule has 10 heteroatoms. The molecule has 2 heterocycles. The average molecular weight is 359 g/mol. The molecule has 2 aromatic heterocycles. The summed E-state index contributed by atoms with van der Waals surface area (Å²) in [6, 6.07) is 4.16. The van der Waals surface area contributed by atoms with Gasteiger partial charge in [0.05, 0.1) is 12.6 Å².